The zero-order chi connectivity index (χ0) is 20.9. The summed E-state index contributed by atoms with van der Waals surface area (Å²) in [6.07, 6.45) is 6.74. The van der Waals surface area contributed by atoms with E-state index >= 15 is 0 Å². The van der Waals surface area contributed by atoms with Crippen LogP contribution in [0.3, 0.4) is 0 Å². The van der Waals surface area contributed by atoms with E-state index in [9.17, 15) is 4.79 Å². The van der Waals surface area contributed by atoms with E-state index in [0.717, 1.165) is 25.1 Å². The Morgan fingerprint density at radius 2 is 2.07 bits per heavy atom. The van der Waals surface area contributed by atoms with Crippen LogP contribution in [-0.2, 0) is 11.2 Å². The van der Waals surface area contributed by atoms with Gasteiger partial charge in [0.25, 0.3) is 0 Å². The van der Waals surface area contributed by atoms with Crippen molar-refractivity contribution in [3.63, 3.8) is 0 Å². The maximum absolute atomic E-state index is 12.0. The van der Waals surface area contributed by atoms with Gasteiger partial charge in [-0.2, -0.15) is 0 Å². The Labute approximate surface area is 182 Å². The molecule has 5 heteroatoms. The summed E-state index contributed by atoms with van der Waals surface area (Å²) in [6.45, 7) is 2.90. The summed E-state index contributed by atoms with van der Waals surface area (Å²) in [4.78, 5) is 18.7. The Morgan fingerprint density at radius 3 is 2.90 bits per heavy atom. The largest absolute Gasteiger partial charge is 0.465 e. The van der Waals surface area contributed by atoms with Crippen molar-refractivity contribution in [1.82, 2.24) is 4.98 Å². The van der Waals surface area contributed by atoms with Crippen molar-refractivity contribution in [2.75, 3.05) is 19.0 Å². The molecule has 30 heavy (non-hydrogen) atoms. The molecular formula is C25H26N2O2S. The molecule has 4 rings (SSSR count). The van der Waals surface area contributed by atoms with Crippen LogP contribution in [0.25, 0.3) is 0 Å². The number of aryl methyl sites for hydroxylation is 2. The minimum absolute atomic E-state index is 0.346. The molecule has 0 radical (unpaired) electrons. The first kappa shape index (κ1) is 20.5. The number of methoxy groups -OCH3 is 1. The molecule has 2 aromatic carbocycles. The van der Waals surface area contributed by atoms with Crippen LogP contribution in [0.4, 0.5) is 5.69 Å². The standard InChI is InChI=1S/C25H26N2O2S/c1-17-5-3-8-20(13-17)30-21-9-10-22-18(14-21)6-4-7-19(22)15-27-24-16-26-12-11-23(24)25(28)29-2/h3,5,8-14,16,19,27H,4,6-7,15H2,1-2H3/t19-/m0/s1. The lowest BCUT2D eigenvalue weighted by Gasteiger charge is -2.27. The van der Waals surface area contributed by atoms with Crippen molar-refractivity contribution >= 4 is 23.4 Å². The average Bonchev–Trinajstić information content (AvgIpc) is 2.77. The molecule has 0 unspecified atom stereocenters. The van der Waals surface area contributed by atoms with E-state index in [1.165, 1.54) is 40.0 Å². The predicted octanol–water partition coefficient (Wildman–Crippen LogP) is 5.86. The number of anilines is 1. The number of hydrogen-bond acceptors (Lipinski definition) is 5. The molecular weight excluding hydrogens is 392 g/mol. The molecule has 0 spiro atoms. The van der Waals surface area contributed by atoms with Crippen LogP contribution in [0.2, 0.25) is 0 Å². The maximum atomic E-state index is 12.0. The molecule has 0 saturated carbocycles. The molecule has 1 heterocycles. The smallest absolute Gasteiger partial charge is 0.340 e. The number of esters is 1. The van der Waals surface area contributed by atoms with Crippen molar-refractivity contribution in [3.8, 4) is 0 Å². The number of nitrogens with one attached hydrogen (secondary N) is 1. The zero-order valence-electron chi connectivity index (χ0n) is 17.4. The van der Waals surface area contributed by atoms with E-state index < -0.39 is 0 Å². The topological polar surface area (TPSA) is 51.2 Å². The van der Waals surface area contributed by atoms with Gasteiger partial charge in [0.2, 0.25) is 0 Å². The van der Waals surface area contributed by atoms with Crippen molar-refractivity contribution in [2.24, 2.45) is 0 Å². The molecule has 0 amide bonds. The molecule has 1 aliphatic rings. The van der Waals surface area contributed by atoms with E-state index in [2.05, 4.69) is 59.7 Å². The minimum atomic E-state index is -0.346. The van der Waals surface area contributed by atoms with Crippen LogP contribution in [0.15, 0.2) is 70.7 Å². The number of carbonyl (C=O) groups is 1. The van der Waals surface area contributed by atoms with Crippen LogP contribution < -0.4 is 5.32 Å². The van der Waals surface area contributed by atoms with Gasteiger partial charge in [0.05, 0.1) is 24.6 Å². The fraction of sp³-hybridized carbons (Fsp3) is 0.280. The number of fused-ring (bicyclic) bond motifs is 1. The molecule has 154 valence electrons. The fourth-order valence-electron chi connectivity index (χ4n) is 4.04. The average molecular weight is 419 g/mol. The third-order valence-corrected chi connectivity index (χ3v) is 6.52. The SMILES string of the molecule is COC(=O)c1ccncc1NC[C@@H]1CCCc2cc(Sc3cccc(C)c3)ccc21. The van der Waals surface area contributed by atoms with Crippen LogP contribution in [-0.4, -0.2) is 24.6 Å². The van der Waals surface area contributed by atoms with E-state index in [0.29, 0.717) is 11.5 Å². The van der Waals surface area contributed by atoms with Crippen LogP contribution >= 0.6 is 11.8 Å². The number of benzene rings is 2. The number of hydrogen-bond donors (Lipinski definition) is 1. The van der Waals surface area contributed by atoms with Gasteiger partial charge in [-0.15, -0.1) is 0 Å². The lowest BCUT2D eigenvalue weighted by Crippen LogP contribution is -2.19. The summed E-state index contributed by atoms with van der Waals surface area (Å²) < 4.78 is 4.89. The summed E-state index contributed by atoms with van der Waals surface area (Å²) in [5.41, 5.74) is 5.37. The first-order chi connectivity index (χ1) is 14.6. The summed E-state index contributed by atoms with van der Waals surface area (Å²) in [5.74, 6) is 0.0687. The molecule has 1 N–H and O–H groups in total. The Kier molecular flexibility index (Phi) is 6.38. The van der Waals surface area contributed by atoms with Crippen molar-refractivity contribution in [1.29, 1.82) is 0 Å². The second-order valence-electron chi connectivity index (χ2n) is 7.66. The van der Waals surface area contributed by atoms with E-state index in [4.69, 9.17) is 4.74 Å². The van der Waals surface area contributed by atoms with E-state index in [-0.39, 0.29) is 5.97 Å². The highest BCUT2D eigenvalue weighted by molar-refractivity contribution is 7.99. The van der Waals surface area contributed by atoms with Gasteiger partial charge in [0.1, 0.15) is 0 Å². The summed E-state index contributed by atoms with van der Waals surface area (Å²) in [6, 6.07) is 17.2. The van der Waals surface area contributed by atoms with Gasteiger partial charge >= 0.3 is 5.97 Å². The van der Waals surface area contributed by atoms with Gasteiger partial charge in [0, 0.05) is 28.5 Å². The Bertz CT molecular complexity index is 1050. The molecule has 1 aliphatic carbocycles. The van der Waals surface area contributed by atoms with Gasteiger partial charge < -0.3 is 10.1 Å². The Morgan fingerprint density at radius 1 is 1.20 bits per heavy atom. The van der Waals surface area contributed by atoms with E-state index in [1.54, 1.807) is 18.5 Å². The number of carbonyl (C=O) groups excluding carboxylic acids is 1. The highest BCUT2D eigenvalue weighted by Gasteiger charge is 2.21. The zero-order valence-corrected chi connectivity index (χ0v) is 18.2. The van der Waals surface area contributed by atoms with Crippen molar-refractivity contribution < 1.29 is 9.53 Å². The predicted molar refractivity (Wildman–Crippen MR) is 121 cm³/mol. The fourth-order valence-corrected chi connectivity index (χ4v) is 5.04. The number of pyridine rings is 1. The van der Waals surface area contributed by atoms with Gasteiger partial charge in [-0.1, -0.05) is 35.5 Å². The maximum Gasteiger partial charge on any atom is 0.340 e. The third kappa shape index (κ3) is 4.68. The normalized spacial score (nSPS) is 15.3. The molecule has 0 aliphatic heterocycles. The number of rotatable bonds is 6. The minimum Gasteiger partial charge on any atom is -0.465 e. The molecule has 4 nitrogen and oxygen atoms in total. The number of nitrogens with zero attached hydrogens (tertiary/aromatic N) is 1. The van der Waals surface area contributed by atoms with Gasteiger partial charge in [-0.3, -0.25) is 4.98 Å². The molecule has 1 aromatic heterocycles. The monoisotopic (exact) mass is 418 g/mol. The lowest BCUT2D eigenvalue weighted by molar-refractivity contribution is 0.0601. The quantitative estimate of drug-likeness (QED) is 0.508. The number of ether oxygens (including phenoxy) is 1. The Hall–Kier alpha value is -2.79. The van der Waals surface area contributed by atoms with Crippen molar-refractivity contribution in [3.05, 3.63) is 83.2 Å². The molecule has 0 fully saturated rings. The second kappa shape index (κ2) is 9.35. The molecule has 0 bridgehead atoms. The first-order valence-electron chi connectivity index (χ1n) is 10.3. The van der Waals surface area contributed by atoms with Crippen LogP contribution in [0.1, 0.15) is 45.8 Å². The number of aromatic nitrogens is 1. The summed E-state index contributed by atoms with van der Waals surface area (Å²) in [5, 5.41) is 3.43. The molecule has 1 atom stereocenters. The molecule has 0 saturated heterocycles. The van der Waals surface area contributed by atoms with Crippen LogP contribution in [0, 0.1) is 6.92 Å². The van der Waals surface area contributed by atoms with Crippen molar-refractivity contribution in [2.45, 2.75) is 41.9 Å². The molecule has 3 aromatic rings. The Balaban J connectivity index is 1.49. The summed E-state index contributed by atoms with van der Waals surface area (Å²) in [7, 11) is 1.40. The second-order valence-corrected chi connectivity index (χ2v) is 8.81. The summed E-state index contributed by atoms with van der Waals surface area (Å²) >= 11 is 1.82. The van der Waals surface area contributed by atoms with Gasteiger partial charge in [-0.25, -0.2) is 4.79 Å². The third-order valence-electron chi connectivity index (χ3n) is 5.54. The van der Waals surface area contributed by atoms with Gasteiger partial charge in [0.15, 0.2) is 0 Å². The van der Waals surface area contributed by atoms with E-state index in [1.807, 2.05) is 11.8 Å². The first-order valence-corrected chi connectivity index (χ1v) is 11.1. The highest BCUT2D eigenvalue weighted by atomic mass is 32.2. The lowest BCUT2D eigenvalue weighted by atomic mass is 9.83. The van der Waals surface area contributed by atoms with Crippen LogP contribution in [0.5, 0.6) is 0 Å². The highest BCUT2D eigenvalue weighted by Crippen LogP contribution is 2.36. The van der Waals surface area contributed by atoms with Gasteiger partial charge in [-0.05, 0) is 67.6 Å².